The van der Waals surface area contributed by atoms with Gasteiger partial charge in [0.05, 0.1) is 11.0 Å². The number of nitrogens with zero attached hydrogens (tertiary/aromatic N) is 3. The van der Waals surface area contributed by atoms with Gasteiger partial charge in [0.1, 0.15) is 5.75 Å². The molecule has 0 radical (unpaired) electrons. The lowest BCUT2D eigenvalue weighted by Gasteiger charge is -2.34. The Morgan fingerprint density at radius 2 is 1.85 bits per heavy atom. The second-order valence-corrected chi connectivity index (χ2v) is 7.92. The van der Waals surface area contributed by atoms with Crippen LogP contribution in [-0.4, -0.2) is 51.2 Å². The lowest BCUT2D eigenvalue weighted by atomic mass is 9.81. The Morgan fingerprint density at radius 3 is 2.56 bits per heavy atom. The summed E-state index contributed by atoms with van der Waals surface area (Å²) in [6.07, 6.45) is 3.73. The number of nitrogens with one attached hydrogen (secondary N) is 1. The third-order valence-corrected chi connectivity index (χ3v) is 6.19. The smallest absolute Gasteiger partial charge is 0.328 e. The largest absolute Gasteiger partial charge is 0.508 e. The SMILES string of the molecule is Cn1c(=O)n(CC2CCC(C(=O)N3CCNCC3)CC2)c2cc(O)ccc21. The van der Waals surface area contributed by atoms with E-state index < -0.39 is 0 Å². The van der Waals surface area contributed by atoms with Crippen LogP contribution in [-0.2, 0) is 18.4 Å². The van der Waals surface area contributed by atoms with Gasteiger partial charge in [0.15, 0.2) is 0 Å². The fraction of sp³-hybridized carbons (Fsp3) is 0.600. The molecule has 0 spiro atoms. The summed E-state index contributed by atoms with van der Waals surface area (Å²) < 4.78 is 3.41. The molecule has 0 atom stereocenters. The number of piperazine rings is 1. The number of phenols is 1. The molecule has 1 aromatic heterocycles. The fourth-order valence-corrected chi connectivity index (χ4v) is 4.57. The van der Waals surface area contributed by atoms with Crippen molar-refractivity contribution in [2.45, 2.75) is 32.2 Å². The van der Waals surface area contributed by atoms with E-state index in [4.69, 9.17) is 0 Å². The molecular weight excluding hydrogens is 344 g/mol. The first-order chi connectivity index (χ1) is 13.0. The van der Waals surface area contributed by atoms with Crippen LogP contribution in [0.2, 0.25) is 0 Å². The Bertz CT molecular complexity index is 886. The number of hydrogen-bond donors (Lipinski definition) is 2. The predicted octanol–water partition coefficient (Wildman–Crippen LogP) is 1.28. The van der Waals surface area contributed by atoms with E-state index >= 15 is 0 Å². The van der Waals surface area contributed by atoms with Crippen LogP contribution in [0.15, 0.2) is 23.0 Å². The number of rotatable bonds is 3. The number of aromatic nitrogens is 2. The van der Waals surface area contributed by atoms with Gasteiger partial charge in [-0.15, -0.1) is 0 Å². The van der Waals surface area contributed by atoms with E-state index in [-0.39, 0.29) is 17.4 Å². The highest BCUT2D eigenvalue weighted by Gasteiger charge is 2.30. The highest BCUT2D eigenvalue weighted by Crippen LogP contribution is 2.32. The molecule has 2 N–H and O–H groups in total. The molecular formula is C20H28N4O3. The first kappa shape index (κ1) is 18.1. The quantitative estimate of drug-likeness (QED) is 0.851. The molecule has 0 bridgehead atoms. The topological polar surface area (TPSA) is 79.5 Å². The average molecular weight is 372 g/mol. The molecule has 2 aromatic rings. The predicted molar refractivity (Wildman–Crippen MR) is 104 cm³/mol. The van der Waals surface area contributed by atoms with Gasteiger partial charge in [-0.1, -0.05) is 0 Å². The van der Waals surface area contributed by atoms with Gasteiger partial charge >= 0.3 is 5.69 Å². The van der Waals surface area contributed by atoms with Gasteiger partial charge in [-0.2, -0.15) is 0 Å². The summed E-state index contributed by atoms with van der Waals surface area (Å²) in [6, 6.07) is 5.06. The highest BCUT2D eigenvalue weighted by atomic mass is 16.3. The monoisotopic (exact) mass is 372 g/mol. The lowest BCUT2D eigenvalue weighted by Crippen LogP contribution is -2.49. The summed E-state index contributed by atoms with van der Waals surface area (Å²) in [5.41, 5.74) is 1.57. The summed E-state index contributed by atoms with van der Waals surface area (Å²) in [7, 11) is 1.77. The van der Waals surface area contributed by atoms with Crippen molar-refractivity contribution < 1.29 is 9.90 Å². The third kappa shape index (κ3) is 3.48. The molecule has 4 rings (SSSR count). The number of benzene rings is 1. The van der Waals surface area contributed by atoms with Crippen molar-refractivity contribution in [3.05, 3.63) is 28.7 Å². The van der Waals surface area contributed by atoms with Gasteiger partial charge in [-0.05, 0) is 43.7 Å². The maximum atomic E-state index is 12.7. The molecule has 2 fully saturated rings. The van der Waals surface area contributed by atoms with E-state index in [2.05, 4.69) is 5.32 Å². The Balaban J connectivity index is 1.43. The molecule has 0 unspecified atom stereocenters. The zero-order valence-corrected chi connectivity index (χ0v) is 15.9. The number of carbonyl (C=O) groups is 1. The minimum absolute atomic E-state index is 0.0467. The molecule has 1 saturated heterocycles. The Kier molecular flexibility index (Phi) is 4.95. The molecule has 2 aliphatic rings. The van der Waals surface area contributed by atoms with Crippen LogP contribution in [0, 0.1) is 11.8 Å². The van der Waals surface area contributed by atoms with Crippen LogP contribution >= 0.6 is 0 Å². The highest BCUT2D eigenvalue weighted by molar-refractivity contribution is 5.79. The first-order valence-corrected chi connectivity index (χ1v) is 9.92. The summed E-state index contributed by atoms with van der Waals surface area (Å²) in [4.78, 5) is 27.3. The number of fused-ring (bicyclic) bond motifs is 1. The van der Waals surface area contributed by atoms with E-state index in [0.29, 0.717) is 18.4 Å². The molecule has 27 heavy (non-hydrogen) atoms. The normalized spacial score (nSPS) is 23.7. The molecule has 1 aromatic carbocycles. The summed E-state index contributed by atoms with van der Waals surface area (Å²) in [5.74, 6) is 1.00. The molecule has 146 valence electrons. The van der Waals surface area contributed by atoms with Crippen LogP contribution in [0.4, 0.5) is 0 Å². The number of amides is 1. The Labute approximate surface area is 158 Å². The number of aromatic hydroxyl groups is 1. The van der Waals surface area contributed by atoms with Crippen molar-refractivity contribution in [2.24, 2.45) is 18.9 Å². The van der Waals surface area contributed by atoms with E-state index in [1.165, 1.54) is 0 Å². The van der Waals surface area contributed by atoms with Gasteiger partial charge in [0, 0.05) is 51.8 Å². The number of phenolic OH excluding ortho intramolecular Hbond substituents is 1. The first-order valence-electron chi connectivity index (χ1n) is 9.92. The van der Waals surface area contributed by atoms with Crippen LogP contribution in [0.3, 0.4) is 0 Å². The number of hydrogen-bond acceptors (Lipinski definition) is 4. The fourth-order valence-electron chi connectivity index (χ4n) is 4.57. The Hall–Kier alpha value is -2.28. The van der Waals surface area contributed by atoms with Gasteiger partial charge in [0.2, 0.25) is 5.91 Å². The molecule has 1 aliphatic heterocycles. The van der Waals surface area contributed by atoms with Gasteiger partial charge in [-0.25, -0.2) is 4.79 Å². The lowest BCUT2D eigenvalue weighted by molar-refractivity contribution is -0.137. The Morgan fingerprint density at radius 1 is 1.15 bits per heavy atom. The number of imidazole rings is 1. The summed E-state index contributed by atoms with van der Waals surface area (Å²) >= 11 is 0. The van der Waals surface area contributed by atoms with Crippen LogP contribution in [0.5, 0.6) is 5.75 Å². The maximum Gasteiger partial charge on any atom is 0.328 e. The van der Waals surface area contributed by atoms with Crippen molar-refractivity contribution in [1.82, 2.24) is 19.4 Å². The maximum absolute atomic E-state index is 12.7. The van der Waals surface area contributed by atoms with Crippen molar-refractivity contribution in [1.29, 1.82) is 0 Å². The average Bonchev–Trinajstić information content (AvgIpc) is 2.93. The number of carbonyl (C=O) groups excluding carboxylic acids is 1. The summed E-state index contributed by atoms with van der Waals surface area (Å²) in [5, 5.41) is 13.1. The molecule has 1 saturated carbocycles. The molecule has 1 aliphatic carbocycles. The zero-order chi connectivity index (χ0) is 19.0. The summed E-state index contributed by atoms with van der Waals surface area (Å²) in [6.45, 7) is 4.05. The van der Waals surface area contributed by atoms with Crippen molar-refractivity contribution >= 4 is 16.9 Å². The van der Waals surface area contributed by atoms with Crippen LogP contribution in [0.25, 0.3) is 11.0 Å². The minimum atomic E-state index is -0.0467. The third-order valence-electron chi connectivity index (χ3n) is 6.19. The second kappa shape index (κ2) is 7.38. The number of aryl methyl sites for hydroxylation is 1. The molecule has 1 amide bonds. The van der Waals surface area contributed by atoms with Crippen LogP contribution < -0.4 is 11.0 Å². The molecule has 2 heterocycles. The van der Waals surface area contributed by atoms with Gasteiger partial charge < -0.3 is 15.3 Å². The van der Waals surface area contributed by atoms with Gasteiger partial charge in [0.25, 0.3) is 0 Å². The van der Waals surface area contributed by atoms with E-state index in [1.807, 2.05) is 4.90 Å². The molecule has 7 nitrogen and oxygen atoms in total. The van der Waals surface area contributed by atoms with Crippen molar-refractivity contribution in [2.75, 3.05) is 26.2 Å². The van der Waals surface area contributed by atoms with Crippen molar-refractivity contribution in [3.63, 3.8) is 0 Å². The van der Waals surface area contributed by atoms with Crippen molar-refractivity contribution in [3.8, 4) is 5.75 Å². The van der Waals surface area contributed by atoms with Gasteiger partial charge in [-0.3, -0.25) is 13.9 Å². The van der Waals surface area contributed by atoms with E-state index in [1.54, 1.807) is 34.4 Å². The second-order valence-electron chi connectivity index (χ2n) is 7.92. The standard InChI is InChI=1S/C20H28N4O3/c1-22-17-7-6-16(25)12-18(17)24(20(22)27)13-14-2-4-15(5-3-14)19(26)23-10-8-21-9-11-23/h6-7,12,14-15,21,25H,2-5,8-11,13H2,1H3. The van der Waals surface area contributed by atoms with E-state index in [9.17, 15) is 14.7 Å². The minimum Gasteiger partial charge on any atom is -0.508 e. The van der Waals surface area contributed by atoms with Crippen LogP contribution in [0.1, 0.15) is 25.7 Å². The van der Waals surface area contributed by atoms with E-state index in [0.717, 1.165) is 62.9 Å². The zero-order valence-electron chi connectivity index (χ0n) is 15.9. The molecule has 7 heteroatoms.